The maximum Gasteiger partial charge on any atom is 0.0390 e. The van der Waals surface area contributed by atoms with Crippen LogP contribution < -0.4 is 0 Å². The predicted octanol–water partition coefficient (Wildman–Crippen LogP) is 2.21. The van der Waals surface area contributed by atoms with Gasteiger partial charge in [-0.2, -0.15) is 0 Å². The Morgan fingerprint density at radius 3 is 1.33 bits per heavy atom. The molecule has 0 rings (SSSR count). The quantitative estimate of drug-likeness (QED) is 0.553. The van der Waals surface area contributed by atoms with Gasteiger partial charge in [-0.25, -0.2) is 0 Å². The summed E-state index contributed by atoms with van der Waals surface area (Å²) in [6.07, 6.45) is 0. The molecule has 56 valence electrons. The van der Waals surface area contributed by atoms with Crippen LogP contribution in [0.25, 0.3) is 0 Å². The van der Waals surface area contributed by atoms with Crippen LogP contribution >= 0.6 is 0 Å². The Bertz CT molecular complexity index is 49.8. The minimum atomic E-state index is -0.552. The van der Waals surface area contributed by atoms with Gasteiger partial charge in [0.1, 0.15) is 0 Å². The van der Waals surface area contributed by atoms with Crippen molar-refractivity contribution >= 4 is 16.6 Å². The number of rotatable bonds is 4. The molecule has 0 amide bonds. The summed E-state index contributed by atoms with van der Waals surface area (Å²) >= 11 is 0. The predicted molar refractivity (Wildman–Crippen MR) is 51.6 cm³/mol. The Hall–Kier alpha value is 0.434. The van der Waals surface area contributed by atoms with Crippen molar-refractivity contribution in [3.05, 3.63) is 0 Å². The Balaban J connectivity index is 3.82. The lowest BCUT2D eigenvalue weighted by Gasteiger charge is -2.25. The van der Waals surface area contributed by atoms with Gasteiger partial charge in [0.05, 0.1) is 0 Å². The lowest BCUT2D eigenvalue weighted by Crippen LogP contribution is -2.37. The van der Waals surface area contributed by atoms with Gasteiger partial charge < -0.3 is 0 Å². The molecule has 0 N–H and O–H groups in total. The molecule has 0 aliphatic heterocycles. The Labute approximate surface area is 62.7 Å². The maximum absolute atomic E-state index is 2.50. The van der Waals surface area contributed by atoms with E-state index in [9.17, 15) is 0 Å². The molecule has 0 radical (unpaired) electrons. The maximum atomic E-state index is 2.50. The van der Waals surface area contributed by atoms with Crippen LogP contribution in [0.5, 0.6) is 0 Å². The van der Waals surface area contributed by atoms with E-state index in [1.54, 1.807) is 18.1 Å². The van der Waals surface area contributed by atoms with E-state index < -0.39 is 7.59 Å². The second-order valence-corrected chi connectivity index (χ2v) is 15.4. The van der Waals surface area contributed by atoms with Gasteiger partial charge in [-0.3, -0.25) is 0 Å². The minimum Gasteiger partial charge on any atom is -0.0766 e. The Morgan fingerprint density at radius 2 is 1.33 bits per heavy atom. The van der Waals surface area contributed by atoms with E-state index in [1.807, 2.05) is 0 Å². The molecule has 0 fully saturated rings. The summed E-state index contributed by atoms with van der Waals surface area (Å²) in [7, 11) is -0.193. The summed E-state index contributed by atoms with van der Waals surface area (Å²) in [5.41, 5.74) is 0. The standard InChI is InChI=1S/C7H20Si2/c1-5-9(6-2,7-3)8-4/h5-8H2,1-4H3. The Morgan fingerprint density at radius 1 is 1.00 bits per heavy atom. The summed E-state index contributed by atoms with van der Waals surface area (Å²) in [5.74, 6) is 0. The Kier molecular flexibility index (Phi) is 4.49. The molecule has 0 aromatic rings. The molecule has 0 aromatic heterocycles. The molecule has 0 unspecified atom stereocenters. The molecule has 0 aliphatic rings. The summed E-state index contributed by atoms with van der Waals surface area (Å²) in [4.78, 5) is 0. The molecule has 0 atom stereocenters. The number of hydrogen-bond acceptors (Lipinski definition) is 0. The minimum absolute atomic E-state index is 0.360. The SMILES string of the molecule is CC[Si](CC)(CC)[SiH2]C. The fourth-order valence-corrected chi connectivity index (χ4v) is 9.00. The molecular formula is C7H20Si2. The zero-order valence-electron chi connectivity index (χ0n) is 7.33. The summed E-state index contributed by atoms with van der Waals surface area (Å²) in [5, 5.41) is 0. The average Bonchev–Trinajstić information content (AvgIpc) is 1.95. The van der Waals surface area contributed by atoms with Crippen LogP contribution in [0.15, 0.2) is 0 Å². The van der Waals surface area contributed by atoms with Crippen molar-refractivity contribution in [1.82, 2.24) is 0 Å². The molecule has 9 heavy (non-hydrogen) atoms. The molecule has 0 heterocycles. The first-order valence-electron chi connectivity index (χ1n) is 4.24. The van der Waals surface area contributed by atoms with Crippen molar-refractivity contribution in [1.29, 1.82) is 0 Å². The van der Waals surface area contributed by atoms with Crippen molar-refractivity contribution in [3.63, 3.8) is 0 Å². The fourth-order valence-electron chi connectivity index (χ4n) is 1.50. The zero-order chi connectivity index (χ0) is 7.33. The first-order valence-corrected chi connectivity index (χ1v) is 10.6. The molecular weight excluding hydrogens is 140 g/mol. The van der Waals surface area contributed by atoms with Gasteiger partial charge in [-0.15, -0.1) is 0 Å². The molecule has 0 saturated carbocycles. The topological polar surface area (TPSA) is 0 Å². The highest BCUT2D eigenvalue weighted by Crippen LogP contribution is 2.17. The van der Waals surface area contributed by atoms with Crippen molar-refractivity contribution < 1.29 is 0 Å². The van der Waals surface area contributed by atoms with Gasteiger partial charge in [0.25, 0.3) is 0 Å². The smallest absolute Gasteiger partial charge is 0.0390 e. The molecule has 0 spiro atoms. The normalized spacial score (nSPS) is 13.3. The van der Waals surface area contributed by atoms with Gasteiger partial charge in [-0.1, -0.05) is 45.5 Å². The lowest BCUT2D eigenvalue weighted by molar-refractivity contribution is 1.22. The third-order valence-electron chi connectivity index (χ3n) is 3.00. The third-order valence-corrected chi connectivity index (χ3v) is 18.0. The lowest BCUT2D eigenvalue weighted by atomic mass is 10.9. The van der Waals surface area contributed by atoms with E-state index >= 15 is 0 Å². The van der Waals surface area contributed by atoms with Gasteiger partial charge in [0.2, 0.25) is 0 Å². The van der Waals surface area contributed by atoms with Crippen LogP contribution in [0.3, 0.4) is 0 Å². The van der Waals surface area contributed by atoms with E-state index in [2.05, 4.69) is 27.3 Å². The first-order chi connectivity index (χ1) is 4.24. The largest absolute Gasteiger partial charge is 0.0766 e. The molecule has 0 nitrogen and oxygen atoms in total. The van der Waals surface area contributed by atoms with Crippen LogP contribution in [0.4, 0.5) is 0 Å². The van der Waals surface area contributed by atoms with Crippen molar-refractivity contribution in [2.45, 2.75) is 45.5 Å². The van der Waals surface area contributed by atoms with Crippen LogP contribution in [0, 0.1) is 0 Å². The highest BCUT2D eigenvalue weighted by molar-refractivity contribution is 7.24. The van der Waals surface area contributed by atoms with Crippen LogP contribution in [-0.4, -0.2) is 16.6 Å². The van der Waals surface area contributed by atoms with E-state index in [-0.39, 0.29) is 0 Å². The van der Waals surface area contributed by atoms with Crippen molar-refractivity contribution in [3.8, 4) is 0 Å². The summed E-state index contributed by atoms with van der Waals surface area (Å²) in [6, 6.07) is 4.63. The molecule has 0 bridgehead atoms. The van der Waals surface area contributed by atoms with Crippen molar-refractivity contribution in [2.24, 2.45) is 0 Å². The first kappa shape index (κ1) is 9.43. The summed E-state index contributed by atoms with van der Waals surface area (Å²) < 4.78 is 0. The van der Waals surface area contributed by atoms with Crippen LogP contribution in [0.2, 0.25) is 24.7 Å². The zero-order valence-corrected chi connectivity index (χ0v) is 9.74. The van der Waals surface area contributed by atoms with Gasteiger partial charge in [-0.05, 0) is 0 Å². The van der Waals surface area contributed by atoms with Crippen molar-refractivity contribution in [2.75, 3.05) is 0 Å². The fraction of sp³-hybridized carbons (Fsp3) is 1.00. The highest BCUT2D eigenvalue weighted by Gasteiger charge is 2.23. The molecule has 0 saturated heterocycles. The highest BCUT2D eigenvalue weighted by atomic mass is 29.2. The summed E-state index contributed by atoms with van der Waals surface area (Å²) in [6.45, 7) is 9.70. The molecule has 2 heteroatoms. The third kappa shape index (κ3) is 2.26. The van der Waals surface area contributed by atoms with Gasteiger partial charge in [0.15, 0.2) is 0 Å². The van der Waals surface area contributed by atoms with Gasteiger partial charge >= 0.3 is 0 Å². The molecule has 0 aliphatic carbocycles. The average molecular weight is 160 g/mol. The second-order valence-electron chi connectivity index (χ2n) is 2.91. The van der Waals surface area contributed by atoms with Crippen LogP contribution in [-0.2, 0) is 0 Å². The number of hydrogen-bond donors (Lipinski definition) is 0. The van der Waals surface area contributed by atoms with E-state index in [4.69, 9.17) is 0 Å². The molecule has 0 aromatic carbocycles. The van der Waals surface area contributed by atoms with Crippen LogP contribution in [0.1, 0.15) is 20.8 Å². The van der Waals surface area contributed by atoms with E-state index in [1.165, 1.54) is 0 Å². The van der Waals surface area contributed by atoms with Gasteiger partial charge in [0, 0.05) is 16.6 Å². The van der Waals surface area contributed by atoms with E-state index in [0.717, 1.165) is 0 Å². The monoisotopic (exact) mass is 160 g/mol. The van der Waals surface area contributed by atoms with E-state index in [0.29, 0.717) is 9.04 Å². The second kappa shape index (κ2) is 4.28.